The molecule has 0 aromatic rings. The van der Waals surface area contributed by atoms with Gasteiger partial charge in [0.05, 0.1) is 0 Å². The van der Waals surface area contributed by atoms with Crippen LogP contribution in [0, 0.1) is 0 Å². The predicted molar refractivity (Wildman–Crippen MR) is 60.9 cm³/mol. The van der Waals surface area contributed by atoms with Crippen LogP contribution >= 0.6 is 0 Å². The standard InChI is InChI=1S/C11H23N3O/c1-13-4-6-14(7-5-13)10-11(12)2-8-15-9-3-11/h2-10,12H2,1H3. The first-order valence-electron chi connectivity index (χ1n) is 5.96. The minimum Gasteiger partial charge on any atom is -0.381 e. The van der Waals surface area contributed by atoms with Gasteiger partial charge in [-0.25, -0.2) is 0 Å². The molecular formula is C11H23N3O. The van der Waals surface area contributed by atoms with Crippen LogP contribution in [0.1, 0.15) is 12.8 Å². The maximum absolute atomic E-state index is 6.39. The molecule has 0 spiro atoms. The highest BCUT2D eigenvalue weighted by atomic mass is 16.5. The molecule has 0 amide bonds. The van der Waals surface area contributed by atoms with E-state index in [0.29, 0.717) is 0 Å². The first-order chi connectivity index (χ1) is 7.18. The number of ether oxygens (including phenoxy) is 1. The maximum Gasteiger partial charge on any atom is 0.0484 e. The van der Waals surface area contributed by atoms with Crippen molar-refractivity contribution >= 4 is 0 Å². The number of rotatable bonds is 2. The summed E-state index contributed by atoms with van der Waals surface area (Å²) in [5.41, 5.74) is 6.40. The third-order valence-corrected chi connectivity index (χ3v) is 3.62. The van der Waals surface area contributed by atoms with Crippen molar-refractivity contribution in [2.45, 2.75) is 18.4 Å². The summed E-state index contributed by atoms with van der Waals surface area (Å²) in [7, 11) is 2.18. The lowest BCUT2D eigenvalue weighted by Gasteiger charge is -2.41. The fraction of sp³-hybridized carbons (Fsp3) is 1.00. The summed E-state index contributed by atoms with van der Waals surface area (Å²) in [6, 6.07) is 0. The Bertz CT molecular complexity index is 196. The molecule has 4 nitrogen and oxygen atoms in total. The summed E-state index contributed by atoms with van der Waals surface area (Å²) in [6.45, 7) is 7.39. The van der Waals surface area contributed by atoms with Gasteiger partial charge < -0.3 is 15.4 Å². The van der Waals surface area contributed by atoms with E-state index in [9.17, 15) is 0 Å². The van der Waals surface area contributed by atoms with Crippen LogP contribution in [0.3, 0.4) is 0 Å². The number of hydrogen-bond donors (Lipinski definition) is 1. The fourth-order valence-corrected chi connectivity index (χ4v) is 2.39. The van der Waals surface area contributed by atoms with Crippen molar-refractivity contribution < 1.29 is 4.74 Å². The zero-order valence-corrected chi connectivity index (χ0v) is 9.74. The molecule has 0 atom stereocenters. The van der Waals surface area contributed by atoms with Crippen molar-refractivity contribution in [1.82, 2.24) is 9.80 Å². The second-order valence-corrected chi connectivity index (χ2v) is 5.05. The molecule has 0 radical (unpaired) electrons. The van der Waals surface area contributed by atoms with E-state index in [4.69, 9.17) is 10.5 Å². The molecule has 0 aliphatic carbocycles. The SMILES string of the molecule is CN1CCN(CC2(N)CCOCC2)CC1. The minimum absolute atomic E-state index is 0.00810. The van der Waals surface area contributed by atoms with Gasteiger partial charge in [-0.2, -0.15) is 0 Å². The lowest BCUT2D eigenvalue weighted by atomic mass is 9.90. The monoisotopic (exact) mass is 213 g/mol. The van der Waals surface area contributed by atoms with Crippen LogP contribution in [-0.4, -0.2) is 68.3 Å². The lowest BCUT2D eigenvalue weighted by molar-refractivity contribution is 0.0300. The molecule has 2 saturated heterocycles. The van der Waals surface area contributed by atoms with Crippen molar-refractivity contribution in [3.8, 4) is 0 Å². The van der Waals surface area contributed by atoms with Gasteiger partial charge in [0.25, 0.3) is 0 Å². The van der Waals surface area contributed by atoms with Crippen LogP contribution < -0.4 is 5.73 Å². The van der Waals surface area contributed by atoms with E-state index in [1.807, 2.05) is 0 Å². The van der Waals surface area contributed by atoms with Gasteiger partial charge in [-0.1, -0.05) is 0 Å². The van der Waals surface area contributed by atoms with Crippen molar-refractivity contribution in [2.75, 3.05) is 53.0 Å². The van der Waals surface area contributed by atoms with E-state index in [2.05, 4.69) is 16.8 Å². The van der Waals surface area contributed by atoms with Crippen molar-refractivity contribution in [1.29, 1.82) is 0 Å². The van der Waals surface area contributed by atoms with Gasteiger partial charge in [0, 0.05) is 51.5 Å². The maximum atomic E-state index is 6.39. The van der Waals surface area contributed by atoms with Gasteiger partial charge in [-0.05, 0) is 19.9 Å². The van der Waals surface area contributed by atoms with Crippen LogP contribution in [0.4, 0.5) is 0 Å². The summed E-state index contributed by atoms with van der Waals surface area (Å²) in [6.07, 6.45) is 2.03. The zero-order valence-electron chi connectivity index (χ0n) is 9.74. The molecule has 0 bridgehead atoms. The molecule has 2 fully saturated rings. The fourth-order valence-electron chi connectivity index (χ4n) is 2.39. The van der Waals surface area contributed by atoms with Crippen LogP contribution in [-0.2, 0) is 4.74 Å². The Morgan fingerprint density at radius 2 is 1.73 bits per heavy atom. The molecule has 4 heteroatoms. The lowest BCUT2D eigenvalue weighted by Crippen LogP contribution is -2.56. The number of piperazine rings is 1. The largest absolute Gasteiger partial charge is 0.381 e. The Kier molecular flexibility index (Phi) is 3.61. The van der Waals surface area contributed by atoms with Gasteiger partial charge in [-0.15, -0.1) is 0 Å². The zero-order chi connectivity index (χ0) is 10.7. The Balaban J connectivity index is 1.80. The average Bonchev–Trinajstić information content (AvgIpc) is 2.22. The molecule has 2 heterocycles. The molecule has 0 aromatic heterocycles. The number of nitrogens with two attached hydrogens (primary N) is 1. The Labute approximate surface area is 92.4 Å². The quantitative estimate of drug-likeness (QED) is 0.686. The second-order valence-electron chi connectivity index (χ2n) is 5.05. The first kappa shape index (κ1) is 11.3. The number of hydrogen-bond acceptors (Lipinski definition) is 4. The van der Waals surface area contributed by atoms with Gasteiger partial charge in [0.2, 0.25) is 0 Å². The highest BCUT2D eigenvalue weighted by Gasteiger charge is 2.30. The van der Waals surface area contributed by atoms with E-state index in [-0.39, 0.29) is 5.54 Å². The number of likely N-dealkylation sites (N-methyl/N-ethyl adjacent to an activating group) is 1. The summed E-state index contributed by atoms with van der Waals surface area (Å²) < 4.78 is 5.36. The van der Waals surface area contributed by atoms with Crippen molar-refractivity contribution in [3.05, 3.63) is 0 Å². The first-order valence-corrected chi connectivity index (χ1v) is 5.96. The van der Waals surface area contributed by atoms with Crippen LogP contribution in [0.5, 0.6) is 0 Å². The highest BCUT2D eigenvalue weighted by Crippen LogP contribution is 2.19. The van der Waals surface area contributed by atoms with Crippen LogP contribution in [0.2, 0.25) is 0 Å². The van der Waals surface area contributed by atoms with E-state index in [1.54, 1.807) is 0 Å². The van der Waals surface area contributed by atoms with Gasteiger partial charge in [0.15, 0.2) is 0 Å². The van der Waals surface area contributed by atoms with E-state index in [0.717, 1.165) is 45.7 Å². The van der Waals surface area contributed by atoms with Gasteiger partial charge in [-0.3, -0.25) is 4.90 Å². The summed E-state index contributed by atoms with van der Waals surface area (Å²) in [5.74, 6) is 0. The molecule has 2 aliphatic heterocycles. The Morgan fingerprint density at radius 1 is 1.13 bits per heavy atom. The summed E-state index contributed by atoms with van der Waals surface area (Å²) >= 11 is 0. The summed E-state index contributed by atoms with van der Waals surface area (Å²) in [4.78, 5) is 4.88. The normalized spacial score (nSPS) is 29.2. The third-order valence-electron chi connectivity index (χ3n) is 3.62. The minimum atomic E-state index is 0.00810. The average molecular weight is 213 g/mol. The summed E-state index contributed by atoms with van der Waals surface area (Å²) in [5, 5.41) is 0. The molecule has 2 aliphatic rings. The smallest absolute Gasteiger partial charge is 0.0484 e. The van der Waals surface area contributed by atoms with Crippen molar-refractivity contribution in [3.63, 3.8) is 0 Å². The molecular weight excluding hydrogens is 190 g/mol. The Morgan fingerprint density at radius 3 is 2.33 bits per heavy atom. The van der Waals surface area contributed by atoms with E-state index < -0.39 is 0 Å². The molecule has 15 heavy (non-hydrogen) atoms. The Hall–Kier alpha value is -0.160. The third kappa shape index (κ3) is 3.14. The van der Waals surface area contributed by atoms with E-state index >= 15 is 0 Å². The molecule has 88 valence electrons. The highest BCUT2D eigenvalue weighted by molar-refractivity contribution is 4.90. The van der Waals surface area contributed by atoms with Gasteiger partial charge >= 0.3 is 0 Å². The topological polar surface area (TPSA) is 41.7 Å². The molecule has 0 aromatic carbocycles. The molecule has 0 saturated carbocycles. The molecule has 2 rings (SSSR count). The predicted octanol–water partition coefficient (Wildman–Crippen LogP) is -0.258. The molecule has 0 unspecified atom stereocenters. The van der Waals surface area contributed by atoms with Gasteiger partial charge in [0.1, 0.15) is 0 Å². The van der Waals surface area contributed by atoms with Crippen LogP contribution in [0.25, 0.3) is 0 Å². The number of nitrogens with zero attached hydrogens (tertiary/aromatic N) is 2. The van der Waals surface area contributed by atoms with Crippen molar-refractivity contribution in [2.24, 2.45) is 5.73 Å². The van der Waals surface area contributed by atoms with E-state index in [1.165, 1.54) is 13.1 Å². The molecule has 2 N–H and O–H groups in total. The second kappa shape index (κ2) is 4.78. The van der Waals surface area contributed by atoms with Crippen LogP contribution in [0.15, 0.2) is 0 Å².